The molecule has 0 spiro atoms. The van der Waals surface area contributed by atoms with Gasteiger partial charge in [0.05, 0.1) is 13.2 Å². The number of rotatable bonds is 2. The average molecular weight is 339 g/mol. The fourth-order valence-corrected chi connectivity index (χ4v) is 3.93. The minimum Gasteiger partial charge on any atom is -0.475 e. The average Bonchev–Trinajstić information content (AvgIpc) is 3.14. The first kappa shape index (κ1) is 15.0. The van der Waals surface area contributed by atoms with E-state index in [9.17, 15) is 0 Å². The van der Waals surface area contributed by atoms with E-state index in [2.05, 4.69) is 41.3 Å². The quantitative estimate of drug-likeness (QED) is 0.841. The van der Waals surface area contributed by atoms with Crippen LogP contribution in [0.2, 0.25) is 0 Å². The van der Waals surface area contributed by atoms with Crippen molar-refractivity contribution in [2.75, 3.05) is 33.1 Å². The van der Waals surface area contributed by atoms with E-state index >= 15 is 0 Å². The first-order chi connectivity index (χ1) is 12.4. The second-order valence-corrected chi connectivity index (χ2v) is 6.66. The Hall–Kier alpha value is -2.24. The van der Waals surface area contributed by atoms with Crippen molar-refractivity contribution in [2.45, 2.75) is 18.6 Å². The second-order valence-electron chi connectivity index (χ2n) is 6.66. The Morgan fingerprint density at radius 2 is 1.64 bits per heavy atom. The molecule has 2 aromatic rings. The topological polar surface area (TPSA) is 40.2 Å². The Balaban J connectivity index is 1.55. The lowest BCUT2D eigenvalue weighted by Crippen LogP contribution is -2.48. The zero-order valence-electron chi connectivity index (χ0n) is 14.0. The van der Waals surface area contributed by atoms with Gasteiger partial charge < -0.3 is 18.9 Å². The standard InChI is InChI=1S/C20H21NO4/c1-2-4-14(5-3-1)15-11-20(21-6-8-22-9-7-21)25-17-12-19-18(10-16(15)17)23-13-24-19/h1-5,10,12,15,20H,6-9,11,13H2/t15-,20-/m0/s1. The molecule has 3 heterocycles. The fraction of sp³-hybridized carbons (Fsp3) is 0.400. The Morgan fingerprint density at radius 1 is 0.880 bits per heavy atom. The maximum Gasteiger partial charge on any atom is 0.231 e. The number of morpholine rings is 1. The summed E-state index contributed by atoms with van der Waals surface area (Å²) in [4.78, 5) is 2.38. The van der Waals surface area contributed by atoms with Gasteiger partial charge in [-0.3, -0.25) is 4.90 Å². The zero-order chi connectivity index (χ0) is 16.6. The summed E-state index contributed by atoms with van der Waals surface area (Å²) in [6, 6.07) is 14.7. The summed E-state index contributed by atoms with van der Waals surface area (Å²) in [5.41, 5.74) is 2.49. The van der Waals surface area contributed by atoms with Crippen LogP contribution in [-0.4, -0.2) is 44.2 Å². The van der Waals surface area contributed by atoms with E-state index in [1.54, 1.807) is 0 Å². The molecule has 5 nitrogen and oxygen atoms in total. The monoisotopic (exact) mass is 339 g/mol. The lowest BCUT2D eigenvalue weighted by atomic mass is 9.85. The molecule has 0 aromatic heterocycles. The Morgan fingerprint density at radius 3 is 2.44 bits per heavy atom. The van der Waals surface area contributed by atoms with Crippen LogP contribution in [0.4, 0.5) is 0 Å². The second kappa shape index (κ2) is 6.24. The third-order valence-corrected chi connectivity index (χ3v) is 5.24. The highest BCUT2D eigenvalue weighted by Gasteiger charge is 2.35. The summed E-state index contributed by atoms with van der Waals surface area (Å²) in [6.07, 6.45) is 0.985. The predicted octanol–water partition coefficient (Wildman–Crippen LogP) is 2.99. The largest absolute Gasteiger partial charge is 0.475 e. The van der Waals surface area contributed by atoms with Crippen molar-refractivity contribution < 1.29 is 18.9 Å². The van der Waals surface area contributed by atoms with Gasteiger partial charge in [-0.2, -0.15) is 0 Å². The minimum absolute atomic E-state index is 0.0574. The van der Waals surface area contributed by atoms with Crippen LogP contribution in [0.25, 0.3) is 0 Å². The van der Waals surface area contributed by atoms with Gasteiger partial charge in [0.1, 0.15) is 5.75 Å². The molecule has 5 rings (SSSR count). The molecule has 2 atom stereocenters. The lowest BCUT2D eigenvalue weighted by Gasteiger charge is -2.40. The van der Waals surface area contributed by atoms with Crippen LogP contribution < -0.4 is 14.2 Å². The summed E-state index contributed by atoms with van der Waals surface area (Å²) in [5.74, 6) is 2.77. The van der Waals surface area contributed by atoms with Crippen molar-refractivity contribution >= 4 is 0 Å². The molecular formula is C20H21NO4. The smallest absolute Gasteiger partial charge is 0.231 e. The molecule has 0 unspecified atom stereocenters. The molecule has 3 aliphatic rings. The minimum atomic E-state index is 0.0574. The molecule has 130 valence electrons. The van der Waals surface area contributed by atoms with Gasteiger partial charge in [-0.1, -0.05) is 30.3 Å². The summed E-state index contributed by atoms with van der Waals surface area (Å²) >= 11 is 0. The summed E-state index contributed by atoms with van der Waals surface area (Å²) in [7, 11) is 0. The Kier molecular flexibility index (Phi) is 3.76. The lowest BCUT2D eigenvalue weighted by molar-refractivity contribution is -0.0558. The van der Waals surface area contributed by atoms with Gasteiger partial charge in [0.15, 0.2) is 17.7 Å². The molecule has 0 saturated carbocycles. The number of hydrogen-bond donors (Lipinski definition) is 0. The predicted molar refractivity (Wildman–Crippen MR) is 92.3 cm³/mol. The number of benzene rings is 2. The van der Waals surface area contributed by atoms with Crippen molar-refractivity contribution in [3.63, 3.8) is 0 Å². The van der Waals surface area contributed by atoms with E-state index in [0.29, 0.717) is 0 Å². The van der Waals surface area contributed by atoms with E-state index in [1.807, 2.05) is 6.07 Å². The van der Waals surface area contributed by atoms with E-state index in [0.717, 1.165) is 50.0 Å². The molecule has 0 radical (unpaired) electrons. The van der Waals surface area contributed by atoms with Crippen LogP contribution in [0, 0.1) is 0 Å². The van der Waals surface area contributed by atoms with Crippen molar-refractivity contribution in [1.82, 2.24) is 4.90 Å². The van der Waals surface area contributed by atoms with Crippen molar-refractivity contribution in [3.8, 4) is 17.2 Å². The highest BCUT2D eigenvalue weighted by atomic mass is 16.7. The van der Waals surface area contributed by atoms with Crippen LogP contribution in [0.3, 0.4) is 0 Å². The van der Waals surface area contributed by atoms with E-state index in [4.69, 9.17) is 18.9 Å². The fourth-order valence-electron chi connectivity index (χ4n) is 3.93. The maximum absolute atomic E-state index is 6.38. The molecule has 2 aromatic carbocycles. The Labute approximate surface area is 147 Å². The first-order valence-electron chi connectivity index (χ1n) is 8.85. The molecule has 0 N–H and O–H groups in total. The van der Waals surface area contributed by atoms with Crippen molar-refractivity contribution in [1.29, 1.82) is 0 Å². The molecule has 0 amide bonds. The van der Waals surface area contributed by atoms with Gasteiger partial charge in [0, 0.05) is 37.1 Å². The summed E-state index contributed by atoms with van der Waals surface area (Å²) in [6.45, 7) is 3.63. The summed E-state index contributed by atoms with van der Waals surface area (Å²) < 4.78 is 23.0. The number of fused-ring (bicyclic) bond motifs is 2. The van der Waals surface area contributed by atoms with Crippen LogP contribution in [0.5, 0.6) is 17.2 Å². The number of ether oxygens (including phenoxy) is 4. The molecule has 1 fully saturated rings. The maximum atomic E-state index is 6.38. The molecule has 25 heavy (non-hydrogen) atoms. The van der Waals surface area contributed by atoms with E-state index in [-0.39, 0.29) is 18.9 Å². The van der Waals surface area contributed by atoms with Crippen molar-refractivity contribution in [2.24, 2.45) is 0 Å². The summed E-state index contributed by atoms with van der Waals surface area (Å²) in [5, 5.41) is 0. The van der Waals surface area contributed by atoms with Gasteiger partial charge in [-0.25, -0.2) is 0 Å². The van der Waals surface area contributed by atoms with Gasteiger partial charge in [-0.15, -0.1) is 0 Å². The Bertz CT molecular complexity index is 758. The van der Waals surface area contributed by atoms with E-state index < -0.39 is 0 Å². The third kappa shape index (κ3) is 2.73. The highest BCUT2D eigenvalue weighted by Crippen LogP contribution is 2.47. The molecule has 3 aliphatic heterocycles. The van der Waals surface area contributed by atoms with Crippen LogP contribution in [0.15, 0.2) is 42.5 Å². The van der Waals surface area contributed by atoms with Gasteiger partial charge >= 0.3 is 0 Å². The SMILES string of the molecule is c1ccc([C@@H]2C[C@@H](N3CCOCC3)Oc3cc4c(cc32)OCO4)cc1. The molecule has 0 bridgehead atoms. The van der Waals surface area contributed by atoms with Crippen LogP contribution >= 0.6 is 0 Å². The molecule has 1 saturated heterocycles. The molecule has 5 heteroatoms. The van der Waals surface area contributed by atoms with E-state index in [1.165, 1.54) is 11.1 Å². The van der Waals surface area contributed by atoms with Gasteiger partial charge in [-0.05, 0) is 11.6 Å². The van der Waals surface area contributed by atoms with Gasteiger partial charge in [0.25, 0.3) is 0 Å². The number of hydrogen-bond acceptors (Lipinski definition) is 5. The zero-order valence-corrected chi connectivity index (χ0v) is 14.0. The molecular weight excluding hydrogens is 318 g/mol. The van der Waals surface area contributed by atoms with Gasteiger partial charge in [0.2, 0.25) is 6.79 Å². The van der Waals surface area contributed by atoms with Crippen LogP contribution in [0.1, 0.15) is 23.5 Å². The normalized spacial score (nSPS) is 25.3. The highest BCUT2D eigenvalue weighted by molar-refractivity contribution is 5.55. The first-order valence-corrected chi connectivity index (χ1v) is 8.85. The van der Waals surface area contributed by atoms with Crippen molar-refractivity contribution in [3.05, 3.63) is 53.6 Å². The third-order valence-electron chi connectivity index (χ3n) is 5.24. The number of nitrogens with zero attached hydrogens (tertiary/aromatic N) is 1. The molecule has 0 aliphatic carbocycles. The van der Waals surface area contributed by atoms with Crippen LogP contribution in [-0.2, 0) is 4.74 Å².